The van der Waals surface area contributed by atoms with Crippen molar-refractivity contribution in [2.75, 3.05) is 0 Å². The van der Waals surface area contributed by atoms with Gasteiger partial charge in [0.15, 0.2) is 6.20 Å². The predicted molar refractivity (Wildman–Crippen MR) is 88.6 cm³/mol. The van der Waals surface area contributed by atoms with Gasteiger partial charge in [-0.1, -0.05) is 36.4 Å². The Balaban J connectivity index is 1.93. The van der Waals surface area contributed by atoms with Crippen LogP contribution in [0.5, 0.6) is 0 Å². The van der Waals surface area contributed by atoms with Crippen LogP contribution in [-0.2, 0) is 13.5 Å². The lowest BCUT2D eigenvalue weighted by atomic mass is 10.0. The number of hydrogen-bond donors (Lipinski definition) is 0. The molecule has 4 rings (SSSR count). The van der Waals surface area contributed by atoms with Crippen molar-refractivity contribution in [1.29, 1.82) is 0 Å². The van der Waals surface area contributed by atoms with Gasteiger partial charge in [0.2, 0.25) is 0 Å². The van der Waals surface area contributed by atoms with Gasteiger partial charge in [-0.25, -0.2) is 4.57 Å². The van der Waals surface area contributed by atoms with Crippen molar-refractivity contribution in [1.82, 2.24) is 4.98 Å². The quantitative estimate of drug-likeness (QED) is 0.487. The minimum Gasteiger partial charge on any atom is -0.229 e. The van der Waals surface area contributed by atoms with Crippen molar-refractivity contribution in [3.05, 3.63) is 71.0 Å². The fraction of sp³-hybridized carbons (Fsp3) is 0.200. The molecule has 0 N–H and O–H groups in total. The first-order valence-corrected chi connectivity index (χ1v) is 7.69. The monoisotopic (exact) mass is 287 g/mol. The number of hydrogen-bond acceptors (Lipinski definition) is 1. The first kappa shape index (κ1) is 13.2. The Morgan fingerprint density at radius 2 is 1.59 bits per heavy atom. The van der Waals surface area contributed by atoms with E-state index in [-0.39, 0.29) is 0 Å². The maximum Gasteiger partial charge on any atom is 0.330 e. The van der Waals surface area contributed by atoms with E-state index in [1.165, 1.54) is 39.1 Å². The fourth-order valence-corrected chi connectivity index (χ4v) is 3.46. The van der Waals surface area contributed by atoms with E-state index in [0.29, 0.717) is 0 Å². The average Bonchev–Trinajstić information content (AvgIpc) is 2.90. The summed E-state index contributed by atoms with van der Waals surface area (Å²) < 4.78 is 2.26. The topological polar surface area (TPSA) is 16.8 Å². The van der Waals surface area contributed by atoms with Gasteiger partial charge in [0, 0.05) is 6.42 Å². The minimum absolute atomic E-state index is 0.995. The van der Waals surface area contributed by atoms with Crippen LogP contribution in [0, 0.1) is 13.8 Å². The molecule has 0 unspecified atom stereocenters. The first-order valence-electron chi connectivity index (χ1n) is 7.69. The van der Waals surface area contributed by atoms with Gasteiger partial charge in [0.25, 0.3) is 0 Å². The zero-order chi connectivity index (χ0) is 15.3. The number of fused-ring (bicyclic) bond motifs is 3. The largest absolute Gasteiger partial charge is 0.330 e. The van der Waals surface area contributed by atoms with Crippen LogP contribution in [0.15, 0.2) is 48.7 Å². The van der Waals surface area contributed by atoms with Gasteiger partial charge in [-0.2, -0.15) is 0 Å². The van der Waals surface area contributed by atoms with Crippen molar-refractivity contribution in [2.45, 2.75) is 20.3 Å². The molecule has 0 amide bonds. The molecule has 0 saturated heterocycles. The normalized spacial score (nSPS) is 12.1. The van der Waals surface area contributed by atoms with Crippen molar-refractivity contribution < 1.29 is 4.57 Å². The molecule has 0 radical (unpaired) electrons. The molecule has 2 heteroatoms. The third-order valence-electron chi connectivity index (χ3n) is 4.78. The second kappa shape index (κ2) is 4.77. The van der Waals surface area contributed by atoms with E-state index in [1.54, 1.807) is 0 Å². The van der Waals surface area contributed by atoms with E-state index in [0.717, 1.165) is 12.2 Å². The number of aryl methyl sites for hydroxylation is 2. The van der Waals surface area contributed by atoms with Crippen LogP contribution in [-0.4, -0.2) is 4.98 Å². The molecule has 0 atom stereocenters. The Kier molecular flexibility index (Phi) is 2.86. The van der Waals surface area contributed by atoms with Crippen LogP contribution < -0.4 is 4.57 Å². The third-order valence-corrected chi connectivity index (χ3v) is 4.78. The Morgan fingerprint density at radius 1 is 0.864 bits per heavy atom. The third kappa shape index (κ3) is 1.80. The van der Waals surface area contributed by atoms with E-state index in [4.69, 9.17) is 4.98 Å². The molecule has 22 heavy (non-hydrogen) atoms. The highest BCUT2D eigenvalue weighted by atomic mass is 15.0. The lowest BCUT2D eigenvalue weighted by Gasteiger charge is -2.06. The van der Waals surface area contributed by atoms with Gasteiger partial charge in [0.05, 0.1) is 18.2 Å². The van der Waals surface area contributed by atoms with Crippen LogP contribution in [0.4, 0.5) is 0 Å². The molecule has 0 aliphatic heterocycles. The Labute approximate surface area is 131 Å². The van der Waals surface area contributed by atoms with Crippen molar-refractivity contribution >= 4 is 0 Å². The molecule has 0 fully saturated rings. The van der Waals surface area contributed by atoms with Crippen LogP contribution >= 0.6 is 0 Å². The molecular weight excluding hydrogens is 268 g/mol. The van der Waals surface area contributed by atoms with E-state index in [2.05, 4.69) is 67.9 Å². The summed E-state index contributed by atoms with van der Waals surface area (Å²) in [5, 5.41) is 0. The fourth-order valence-electron chi connectivity index (χ4n) is 3.46. The van der Waals surface area contributed by atoms with Gasteiger partial charge in [-0.3, -0.25) is 0 Å². The molecular formula is C20H19N2+. The molecule has 0 bridgehead atoms. The maximum absolute atomic E-state index is 4.77. The Bertz CT molecular complexity index is 894. The lowest BCUT2D eigenvalue weighted by Crippen LogP contribution is -2.37. The summed E-state index contributed by atoms with van der Waals surface area (Å²) in [6, 6.07) is 15.0. The highest BCUT2D eigenvalue weighted by Gasteiger charge is 2.29. The minimum atomic E-state index is 0.995. The van der Waals surface area contributed by atoms with Gasteiger partial charge in [-0.15, -0.1) is 0 Å². The van der Waals surface area contributed by atoms with Crippen molar-refractivity contribution in [3.63, 3.8) is 0 Å². The van der Waals surface area contributed by atoms with Gasteiger partial charge >= 0.3 is 5.82 Å². The summed E-state index contributed by atoms with van der Waals surface area (Å²) in [6.07, 6.45) is 3.04. The maximum atomic E-state index is 4.77. The first-order chi connectivity index (χ1) is 10.7. The Hall–Kier alpha value is -2.48. The highest BCUT2D eigenvalue weighted by Crippen LogP contribution is 2.36. The summed E-state index contributed by atoms with van der Waals surface area (Å²) in [7, 11) is 2.13. The average molecular weight is 287 g/mol. The van der Waals surface area contributed by atoms with E-state index in [9.17, 15) is 0 Å². The van der Waals surface area contributed by atoms with Crippen molar-refractivity contribution in [3.8, 4) is 22.5 Å². The lowest BCUT2D eigenvalue weighted by molar-refractivity contribution is -0.669. The zero-order valence-corrected chi connectivity index (χ0v) is 13.2. The summed E-state index contributed by atoms with van der Waals surface area (Å²) >= 11 is 0. The Morgan fingerprint density at radius 3 is 2.41 bits per heavy atom. The number of benzene rings is 2. The van der Waals surface area contributed by atoms with Crippen LogP contribution in [0.3, 0.4) is 0 Å². The summed E-state index contributed by atoms with van der Waals surface area (Å²) in [5.74, 6) is 1.04. The summed E-state index contributed by atoms with van der Waals surface area (Å²) in [5.41, 5.74) is 9.26. The molecule has 1 aliphatic rings. The molecule has 1 heterocycles. The molecule has 3 aromatic rings. The van der Waals surface area contributed by atoms with Crippen LogP contribution in [0.2, 0.25) is 0 Å². The molecule has 1 aromatic heterocycles. The highest BCUT2D eigenvalue weighted by molar-refractivity contribution is 5.75. The molecule has 2 aromatic carbocycles. The molecule has 0 spiro atoms. The van der Waals surface area contributed by atoms with Gasteiger partial charge in [0.1, 0.15) is 5.69 Å². The van der Waals surface area contributed by atoms with Crippen molar-refractivity contribution in [2.24, 2.45) is 7.05 Å². The second-order valence-electron chi connectivity index (χ2n) is 6.09. The number of nitrogens with zero attached hydrogens (tertiary/aromatic N) is 2. The van der Waals surface area contributed by atoms with Crippen LogP contribution in [0.1, 0.15) is 22.4 Å². The van der Waals surface area contributed by atoms with Gasteiger partial charge < -0.3 is 0 Å². The van der Waals surface area contributed by atoms with E-state index < -0.39 is 0 Å². The second-order valence-corrected chi connectivity index (χ2v) is 6.09. The number of aromatic nitrogens is 2. The molecule has 2 nitrogen and oxygen atoms in total. The summed E-state index contributed by atoms with van der Waals surface area (Å²) in [4.78, 5) is 4.77. The van der Waals surface area contributed by atoms with E-state index in [1.807, 2.05) is 6.20 Å². The smallest absolute Gasteiger partial charge is 0.229 e. The van der Waals surface area contributed by atoms with Crippen LogP contribution in [0.25, 0.3) is 22.5 Å². The molecule has 1 aliphatic carbocycles. The standard InChI is InChI=1S/C20H19N2/c1-13-7-4-5-9-15(13)20-21-12-18-16-10-6-8-14(2)17(16)11-19(18)22(20)3/h4-10,12H,11H2,1-3H3/q+1. The zero-order valence-electron chi connectivity index (χ0n) is 13.2. The van der Waals surface area contributed by atoms with E-state index >= 15 is 0 Å². The number of rotatable bonds is 1. The molecule has 0 saturated carbocycles. The van der Waals surface area contributed by atoms with Gasteiger partial charge in [-0.05, 0) is 47.2 Å². The SMILES string of the molecule is Cc1ccccc1-c1ncc2c([n+]1C)Cc1c(C)cccc1-2. The summed E-state index contributed by atoms with van der Waals surface area (Å²) in [6.45, 7) is 4.34. The predicted octanol–water partition coefficient (Wildman–Crippen LogP) is 3.76. The molecule has 108 valence electrons.